The average Bonchev–Trinajstić information content (AvgIpc) is 3.86. The van der Waals surface area contributed by atoms with Crippen LogP contribution in [0.5, 0.6) is 5.75 Å². The molecule has 1 aliphatic heterocycles. The third kappa shape index (κ3) is 7.43. The average molecular weight is 626 g/mol. The molecule has 2 atom stereocenters. The molecule has 11 nitrogen and oxygen atoms in total. The van der Waals surface area contributed by atoms with Crippen LogP contribution in [0.15, 0.2) is 48.8 Å². The Bertz CT molecular complexity index is 1560. The molecule has 1 saturated heterocycles. The summed E-state index contributed by atoms with van der Waals surface area (Å²) >= 11 is 5.95. The van der Waals surface area contributed by atoms with Gasteiger partial charge in [0.25, 0.3) is 0 Å². The number of likely N-dealkylation sites (tertiary alicyclic amines) is 1. The number of anilines is 3. The zero-order chi connectivity index (χ0) is 31.2. The van der Waals surface area contributed by atoms with Crippen molar-refractivity contribution < 1.29 is 33.0 Å². The first-order chi connectivity index (χ1) is 21.3. The molecule has 3 aromatic rings. The van der Waals surface area contributed by atoms with Crippen LogP contribution >= 0.6 is 11.6 Å². The number of rotatable bonds is 11. The van der Waals surface area contributed by atoms with Gasteiger partial charge in [-0.3, -0.25) is 19.3 Å². The third-order valence-electron chi connectivity index (χ3n) is 7.64. The summed E-state index contributed by atoms with van der Waals surface area (Å²) in [5.74, 6) is -0.534. The van der Waals surface area contributed by atoms with E-state index in [1.807, 2.05) is 0 Å². The van der Waals surface area contributed by atoms with Gasteiger partial charge in [0.15, 0.2) is 0 Å². The first-order valence-corrected chi connectivity index (χ1v) is 14.7. The molecule has 0 spiro atoms. The second kappa shape index (κ2) is 14.0. The monoisotopic (exact) mass is 625 g/mol. The van der Waals surface area contributed by atoms with Gasteiger partial charge in [-0.15, -0.1) is 0 Å². The van der Waals surface area contributed by atoms with E-state index in [0.29, 0.717) is 65.6 Å². The Balaban J connectivity index is 1.38. The van der Waals surface area contributed by atoms with E-state index >= 15 is 0 Å². The van der Waals surface area contributed by atoms with Crippen LogP contribution in [0.4, 0.5) is 21.6 Å². The summed E-state index contributed by atoms with van der Waals surface area (Å²) in [6.07, 6.45) is 8.23. The van der Waals surface area contributed by atoms with Crippen LogP contribution in [0.3, 0.4) is 0 Å². The van der Waals surface area contributed by atoms with Crippen molar-refractivity contribution in [1.82, 2.24) is 14.9 Å². The Kier molecular flexibility index (Phi) is 9.91. The number of benzene rings is 2. The summed E-state index contributed by atoms with van der Waals surface area (Å²) in [7, 11) is 2.61. The number of nitrogens with one attached hydrogen (secondary N) is 2. The molecule has 5 rings (SSSR count). The number of ether oxygens (including phenoxy) is 3. The number of fused-ring (bicyclic) bond motifs is 1. The fourth-order valence-corrected chi connectivity index (χ4v) is 5.33. The fourth-order valence-electron chi connectivity index (χ4n) is 5.15. The van der Waals surface area contributed by atoms with Crippen LogP contribution in [-0.4, -0.2) is 72.2 Å². The minimum atomic E-state index is -0.629. The highest BCUT2D eigenvalue weighted by molar-refractivity contribution is 6.31. The van der Waals surface area contributed by atoms with Gasteiger partial charge in [0.05, 0.1) is 37.1 Å². The summed E-state index contributed by atoms with van der Waals surface area (Å²) < 4.78 is 29.7. The number of hydrogen-bond acceptors (Lipinski definition) is 10. The highest BCUT2D eigenvalue weighted by Gasteiger charge is 2.39. The Morgan fingerprint density at radius 2 is 1.77 bits per heavy atom. The van der Waals surface area contributed by atoms with E-state index in [1.54, 1.807) is 23.1 Å². The van der Waals surface area contributed by atoms with Gasteiger partial charge in [-0.2, -0.15) is 0 Å². The van der Waals surface area contributed by atoms with Gasteiger partial charge in [-0.1, -0.05) is 17.7 Å². The summed E-state index contributed by atoms with van der Waals surface area (Å²) in [6.45, 7) is 0.658. The molecular weight excluding hydrogens is 593 g/mol. The van der Waals surface area contributed by atoms with E-state index < -0.39 is 35.7 Å². The summed E-state index contributed by atoms with van der Waals surface area (Å²) in [5.41, 5.74) is 1.50. The van der Waals surface area contributed by atoms with Gasteiger partial charge in [0, 0.05) is 29.8 Å². The topological polar surface area (TPSA) is 132 Å². The van der Waals surface area contributed by atoms with Crippen molar-refractivity contribution in [2.75, 3.05) is 38.0 Å². The molecular formula is C31H33ClFN5O6. The molecule has 1 aromatic heterocycles. The Morgan fingerprint density at radius 1 is 1.05 bits per heavy atom. The maximum absolute atomic E-state index is 13.7. The largest absolute Gasteiger partial charge is 0.491 e. The predicted octanol–water partition coefficient (Wildman–Crippen LogP) is 5.02. The lowest BCUT2D eigenvalue weighted by atomic mass is 9.95. The van der Waals surface area contributed by atoms with Crippen LogP contribution in [-0.2, 0) is 23.9 Å². The van der Waals surface area contributed by atoms with Crippen molar-refractivity contribution in [2.45, 2.75) is 44.2 Å². The lowest BCUT2D eigenvalue weighted by molar-refractivity contribution is -0.157. The molecule has 232 valence electrons. The minimum Gasteiger partial charge on any atom is -0.491 e. The van der Waals surface area contributed by atoms with E-state index in [0.717, 1.165) is 12.8 Å². The van der Waals surface area contributed by atoms with Crippen LogP contribution in [0.1, 0.15) is 32.1 Å². The minimum absolute atomic E-state index is 0.0377. The van der Waals surface area contributed by atoms with Gasteiger partial charge in [-0.25, -0.2) is 14.4 Å². The molecule has 2 N–H and O–H groups in total. The molecule has 44 heavy (non-hydrogen) atoms. The molecule has 1 aliphatic carbocycles. The third-order valence-corrected chi connectivity index (χ3v) is 7.93. The Labute approximate surface area is 258 Å². The zero-order valence-electron chi connectivity index (χ0n) is 24.3. The molecule has 13 heteroatoms. The summed E-state index contributed by atoms with van der Waals surface area (Å²) in [4.78, 5) is 48.4. The maximum Gasteiger partial charge on any atom is 0.323 e. The first-order valence-electron chi connectivity index (χ1n) is 14.3. The van der Waals surface area contributed by atoms with Crippen molar-refractivity contribution in [3.63, 3.8) is 0 Å². The molecule has 1 amide bonds. The highest BCUT2D eigenvalue weighted by Crippen LogP contribution is 2.36. The van der Waals surface area contributed by atoms with Crippen molar-refractivity contribution in [3.05, 3.63) is 59.7 Å². The summed E-state index contributed by atoms with van der Waals surface area (Å²) in [6, 6.07) is 6.42. The normalized spacial score (nSPS) is 18.6. The molecule has 0 radical (unpaired) electrons. The predicted molar refractivity (Wildman–Crippen MR) is 162 cm³/mol. The van der Waals surface area contributed by atoms with E-state index in [9.17, 15) is 18.8 Å². The number of esters is 2. The number of carbonyl (C=O) groups excluding carboxylic acids is 3. The molecule has 0 unspecified atom stereocenters. The number of amides is 1. The Morgan fingerprint density at radius 3 is 2.43 bits per heavy atom. The second-order valence-corrected chi connectivity index (χ2v) is 11.1. The number of piperidine rings is 1. The smallest absolute Gasteiger partial charge is 0.323 e. The standard InChI is InChI=1S/C31H33ClFN5O6/c1-42-30(40)25-5-3-6-26(31(41)43-2)38(25)12-4-7-28(39)37-24-14-20-23(15-27(24)44-16-18-8-9-18)34-17-35-29(20)36-19-10-11-22(33)21(32)13-19/h4,7,10-11,13-15,17-18,25-26H,3,5-6,8-9,12,16H2,1-2H3,(H,37,39)(H,34,35,36)/t25-,26-/m1/s1. The summed E-state index contributed by atoms with van der Waals surface area (Å²) in [5, 5.41) is 6.55. The number of aromatic nitrogens is 2. The second-order valence-electron chi connectivity index (χ2n) is 10.7. The highest BCUT2D eigenvalue weighted by atomic mass is 35.5. The van der Waals surface area contributed by atoms with Crippen molar-refractivity contribution >= 4 is 57.5 Å². The van der Waals surface area contributed by atoms with E-state index in [4.69, 9.17) is 25.8 Å². The van der Waals surface area contributed by atoms with Gasteiger partial charge in [0.2, 0.25) is 5.91 Å². The SMILES string of the molecule is COC(=O)[C@H]1CCC[C@H](C(=O)OC)N1CC=CC(=O)Nc1cc2c(Nc3ccc(F)c(Cl)c3)ncnc2cc1OCC1CC1. The number of halogens is 2. The maximum atomic E-state index is 13.7. The molecule has 2 fully saturated rings. The number of methoxy groups -OCH3 is 2. The van der Waals surface area contributed by atoms with Gasteiger partial charge < -0.3 is 24.8 Å². The van der Waals surface area contributed by atoms with Crippen molar-refractivity contribution in [1.29, 1.82) is 0 Å². The van der Waals surface area contributed by atoms with Crippen LogP contribution in [0.2, 0.25) is 5.02 Å². The van der Waals surface area contributed by atoms with Gasteiger partial charge in [-0.05, 0) is 62.3 Å². The lowest BCUT2D eigenvalue weighted by Gasteiger charge is -2.38. The molecule has 2 aliphatic rings. The molecule has 2 heterocycles. The van der Waals surface area contributed by atoms with Gasteiger partial charge in [0.1, 0.15) is 35.8 Å². The van der Waals surface area contributed by atoms with Crippen molar-refractivity contribution in [3.8, 4) is 5.75 Å². The van der Waals surface area contributed by atoms with E-state index in [-0.39, 0.29) is 11.6 Å². The fraction of sp³-hybridized carbons (Fsp3) is 0.387. The van der Waals surface area contributed by atoms with Gasteiger partial charge >= 0.3 is 11.9 Å². The molecule has 1 saturated carbocycles. The molecule has 2 aromatic carbocycles. The first kappa shape index (κ1) is 31.1. The number of carbonyl (C=O) groups is 3. The van der Waals surface area contributed by atoms with Crippen LogP contribution in [0.25, 0.3) is 10.9 Å². The van der Waals surface area contributed by atoms with Crippen molar-refractivity contribution in [2.24, 2.45) is 5.92 Å². The zero-order valence-corrected chi connectivity index (χ0v) is 25.1. The molecule has 0 bridgehead atoms. The number of hydrogen-bond donors (Lipinski definition) is 2. The van der Waals surface area contributed by atoms with Crippen LogP contribution in [0, 0.1) is 11.7 Å². The van der Waals surface area contributed by atoms with E-state index in [1.165, 1.54) is 44.8 Å². The lowest BCUT2D eigenvalue weighted by Crippen LogP contribution is -2.54. The van der Waals surface area contributed by atoms with E-state index in [2.05, 4.69) is 20.6 Å². The number of nitrogens with zero attached hydrogens (tertiary/aromatic N) is 3. The quantitative estimate of drug-likeness (QED) is 0.221. The Hall–Kier alpha value is -4.29. The van der Waals surface area contributed by atoms with Crippen LogP contribution < -0.4 is 15.4 Å².